The van der Waals surface area contributed by atoms with Gasteiger partial charge >= 0.3 is 0 Å². The van der Waals surface area contributed by atoms with Crippen molar-refractivity contribution in [3.05, 3.63) is 64.0 Å². The summed E-state index contributed by atoms with van der Waals surface area (Å²) in [5.74, 6) is -0.280. The molecular weight excluding hydrogens is 269 g/mol. The van der Waals surface area contributed by atoms with E-state index in [0.29, 0.717) is 11.1 Å². The standard InChI is InChI=1S/C17H18FNO2/c1-2-3-4-5-13-6-11-16(17(18)12-13)14-7-9-15(10-8-14)19(20)21/h6-12H,2-5H2,1H3. The number of rotatable bonds is 6. The van der Waals surface area contributed by atoms with E-state index in [9.17, 15) is 14.5 Å². The smallest absolute Gasteiger partial charge is 0.258 e. The Morgan fingerprint density at radius 1 is 1.10 bits per heavy atom. The molecule has 2 aromatic rings. The van der Waals surface area contributed by atoms with Gasteiger partial charge in [-0.25, -0.2) is 4.39 Å². The summed E-state index contributed by atoms with van der Waals surface area (Å²) in [6.07, 6.45) is 4.23. The molecule has 0 unspecified atom stereocenters. The zero-order valence-corrected chi connectivity index (χ0v) is 12.0. The Morgan fingerprint density at radius 2 is 1.81 bits per heavy atom. The fraction of sp³-hybridized carbons (Fsp3) is 0.294. The van der Waals surface area contributed by atoms with E-state index in [1.54, 1.807) is 24.3 Å². The van der Waals surface area contributed by atoms with E-state index in [2.05, 4.69) is 6.92 Å². The SMILES string of the molecule is CCCCCc1ccc(-c2ccc([N+](=O)[O-])cc2)c(F)c1. The second kappa shape index (κ2) is 6.97. The minimum Gasteiger partial charge on any atom is -0.258 e. The molecule has 0 N–H and O–H groups in total. The van der Waals surface area contributed by atoms with Gasteiger partial charge in [0.15, 0.2) is 0 Å². The number of hydrogen-bond acceptors (Lipinski definition) is 2. The van der Waals surface area contributed by atoms with Crippen molar-refractivity contribution in [3.8, 4) is 11.1 Å². The molecule has 0 amide bonds. The normalized spacial score (nSPS) is 10.6. The molecule has 0 aromatic heterocycles. The molecule has 0 saturated carbocycles. The predicted molar refractivity (Wildman–Crippen MR) is 81.7 cm³/mol. The van der Waals surface area contributed by atoms with Crippen LogP contribution in [0.5, 0.6) is 0 Å². The number of non-ortho nitro benzene ring substituents is 1. The lowest BCUT2D eigenvalue weighted by Gasteiger charge is -2.06. The molecule has 2 aromatic carbocycles. The summed E-state index contributed by atoms with van der Waals surface area (Å²) >= 11 is 0. The Labute approximate surface area is 123 Å². The van der Waals surface area contributed by atoms with Gasteiger partial charge in [-0.1, -0.05) is 31.9 Å². The molecular formula is C17H18FNO2. The van der Waals surface area contributed by atoms with Crippen LogP contribution in [-0.4, -0.2) is 4.92 Å². The van der Waals surface area contributed by atoms with Crippen LogP contribution in [0, 0.1) is 15.9 Å². The van der Waals surface area contributed by atoms with Gasteiger partial charge < -0.3 is 0 Å². The number of benzene rings is 2. The highest BCUT2D eigenvalue weighted by atomic mass is 19.1. The van der Waals surface area contributed by atoms with Gasteiger partial charge in [-0.2, -0.15) is 0 Å². The second-order valence-corrected chi connectivity index (χ2v) is 5.08. The summed E-state index contributed by atoms with van der Waals surface area (Å²) in [4.78, 5) is 10.2. The van der Waals surface area contributed by atoms with E-state index >= 15 is 0 Å². The van der Waals surface area contributed by atoms with Crippen LogP contribution < -0.4 is 0 Å². The zero-order valence-electron chi connectivity index (χ0n) is 12.0. The number of nitrogens with zero attached hydrogens (tertiary/aromatic N) is 1. The number of nitro groups is 1. The molecule has 0 saturated heterocycles. The maximum absolute atomic E-state index is 14.2. The summed E-state index contributed by atoms with van der Waals surface area (Å²) in [5.41, 5.74) is 2.13. The third kappa shape index (κ3) is 3.88. The van der Waals surface area contributed by atoms with E-state index in [1.807, 2.05) is 6.07 Å². The summed E-state index contributed by atoms with van der Waals surface area (Å²) in [6, 6.07) is 11.2. The van der Waals surface area contributed by atoms with Gasteiger partial charge in [0.1, 0.15) is 5.82 Å². The number of unbranched alkanes of at least 4 members (excludes halogenated alkanes) is 2. The van der Waals surface area contributed by atoms with Crippen LogP contribution in [-0.2, 0) is 6.42 Å². The second-order valence-electron chi connectivity index (χ2n) is 5.08. The Hall–Kier alpha value is -2.23. The largest absolute Gasteiger partial charge is 0.269 e. The van der Waals surface area contributed by atoms with E-state index in [4.69, 9.17) is 0 Å². The molecule has 0 aliphatic carbocycles. The highest BCUT2D eigenvalue weighted by Gasteiger charge is 2.09. The summed E-state index contributed by atoms with van der Waals surface area (Å²) in [5, 5.41) is 10.6. The monoisotopic (exact) mass is 287 g/mol. The lowest BCUT2D eigenvalue weighted by atomic mass is 10.0. The summed E-state index contributed by atoms with van der Waals surface area (Å²) in [7, 11) is 0. The lowest BCUT2D eigenvalue weighted by molar-refractivity contribution is -0.384. The van der Waals surface area contributed by atoms with Crippen LogP contribution in [0.2, 0.25) is 0 Å². The highest BCUT2D eigenvalue weighted by Crippen LogP contribution is 2.26. The van der Waals surface area contributed by atoms with Crippen molar-refractivity contribution in [2.24, 2.45) is 0 Å². The van der Waals surface area contributed by atoms with Gasteiger partial charge in [0, 0.05) is 17.7 Å². The minimum absolute atomic E-state index is 0.00958. The average Bonchev–Trinajstić information content (AvgIpc) is 2.48. The van der Waals surface area contributed by atoms with E-state index in [0.717, 1.165) is 31.2 Å². The van der Waals surface area contributed by atoms with Crippen LogP contribution >= 0.6 is 0 Å². The van der Waals surface area contributed by atoms with Crippen molar-refractivity contribution in [3.63, 3.8) is 0 Å². The zero-order chi connectivity index (χ0) is 15.2. The number of nitro benzene ring substituents is 1. The van der Waals surface area contributed by atoms with Gasteiger partial charge in [-0.3, -0.25) is 10.1 Å². The number of hydrogen-bond donors (Lipinski definition) is 0. The predicted octanol–water partition coefficient (Wildman–Crippen LogP) is 5.13. The van der Waals surface area contributed by atoms with Gasteiger partial charge in [0.05, 0.1) is 4.92 Å². The van der Waals surface area contributed by atoms with Crippen LogP contribution in [0.15, 0.2) is 42.5 Å². The maximum atomic E-state index is 14.2. The number of halogens is 1. The first kappa shape index (κ1) is 15.2. The topological polar surface area (TPSA) is 43.1 Å². The fourth-order valence-corrected chi connectivity index (χ4v) is 2.29. The average molecular weight is 287 g/mol. The molecule has 2 rings (SSSR count). The fourth-order valence-electron chi connectivity index (χ4n) is 2.29. The Morgan fingerprint density at radius 3 is 2.38 bits per heavy atom. The van der Waals surface area contributed by atoms with Crippen LogP contribution in [0.3, 0.4) is 0 Å². The van der Waals surface area contributed by atoms with Crippen LogP contribution in [0.25, 0.3) is 11.1 Å². The van der Waals surface area contributed by atoms with Crippen molar-refractivity contribution >= 4 is 5.69 Å². The van der Waals surface area contributed by atoms with Crippen molar-refractivity contribution in [2.75, 3.05) is 0 Å². The molecule has 0 atom stereocenters. The molecule has 21 heavy (non-hydrogen) atoms. The molecule has 0 spiro atoms. The van der Waals surface area contributed by atoms with Gasteiger partial charge in [-0.05, 0) is 42.2 Å². The molecule has 3 nitrogen and oxygen atoms in total. The van der Waals surface area contributed by atoms with Crippen LogP contribution in [0.4, 0.5) is 10.1 Å². The van der Waals surface area contributed by atoms with E-state index in [-0.39, 0.29) is 11.5 Å². The molecule has 0 bridgehead atoms. The van der Waals surface area contributed by atoms with Gasteiger partial charge in [-0.15, -0.1) is 0 Å². The van der Waals surface area contributed by atoms with Crippen molar-refractivity contribution in [1.82, 2.24) is 0 Å². The Kier molecular flexibility index (Phi) is 5.04. The Bertz CT molecular complexity index is 623. The quantitative estimate of drug-likeness (QED) is 0.420. The molecule has 0 radical (unpaired) electrons. The first-order valence-electron chi connectivity index (χ1n) is 7.15. The van der Waals surface area contributed by atoms with E-state index in [1.165, 1.54) is 12.1 Å². The highest BCUT2D eigenvalue weighted by molar-refractivity contribution is 5.65. The summed E-state index contributed by atoms with van der Waals surface area (Å²) in [6.45, 7) is 2.14. The molecule has 110 valence electrons. The minimum atomic E-state index is -0.461. The van der Waals surface area contributed by atoms with Crippen molar-refractivity contribution in [1.29, 1.82) is 0 Å². The third-order valence-corrected chi connectivity index (χ3v) is 3.49. The van der Waals surface area contributed by atoms with E-state index < -0.39 is 4.92 Å². The van der Waals surface area contributed by atoms with Crippen LogP contribution in [0.1, 0.15) is 31.7 Å². The first-order valence-corrected chi connectivity index (χ1v) is 7.15. The first-order chi connectivity index (χ1) is 10.1. The van der Waals surface area contributed by atoms with Crippen molar-refractivity contribution in [2.45, 2.75) is 32.6 Å². The van der Waals surface area contributed by atoms with Gasteiger partial charge in [0.25, 0.3) is 5.69 Å². The van der Waals surface area contributed by atoms with Gasteiger partial charge in [0.2, 0.25) is 0 Å². The molecule has 4 heteroatoms. The Balaban J connectivity index is 2.18. The lowest BCUT2D eigenvalue weighted by Crippen LogP contribution is -1.91. The third-order valence-electron chi connectivity index (χ3n) is 3.49. The number of aryl methyl sites for hydroxylation is 1. The molecule has 0 aliphatic heterocycles. The molecule has 0 fully saturated rings. The molecule has 0 aliphatic rings. The summed E-state index contributed by atoms with van der Waals surface area (Å²) < 4.78 is 14.2. The molecule has 0 heterocycles. The van der Waals surface area contributed by atoms with Crippen molar-refractivity contribution < 1.29 is 9.31 Å². The maximum Gasteiger partial charge on any atom is 0.269 e.